The van der Waals surface area contributed by atoms with E-state index in [1.54, 1.807) is 12.1 Å². The van der Waals surface area contributed by atoms with Gasteiger partial charge in [0.15, 0.2) is 5.78 Å². The number of Topliss-reactive ketones (excluding diaryl/α,β-unsaturated/α-hetero) is 1. The first-order valence-corrected chi connectivity index (χ1v) is 11.4. The highest BCUT2D eigenvalue weighted by Gasteiger charge is 2.46. The number of benzene rings is 1. The second kappa shape index (κ2) is 8.12. The number of allylic oxidation sites excluding steroid dienone is 2. The molecule has 1 unspecified atom stereocenters. The molecule has 0 N–H and O–H groups in total. The maximum atomic E-state index is 13.3. The quantitative estimate of drug-likeness (QED) is 0.510. The van der Waals surface area contributed by atoms with Gasteiger partial charge in [-0.15, -0.1) is 0 Å². The molecule has 4 nitrogen and oxygen atoms in total. The number of nitrogens with zero attached hydrogens (tertiary/aromatic N) is 1. The van der Waals surface area contributed by atoms with Crippen LogP contribution in [0, 0.1) is 11.3 Å². The van der Waals surface area contributed by atoms with Gasteiger partial charge < -0.3 is 4.74 Å². The van der Waals surface area contributed by atoms with Crippen molar-refractivity contribution in [3.05, 3.63) is 45.1 Å². The van der Waals surface area contributed by atoms with Gasteiger partial charge in [0.1, 0.15) is 12.0 Å². The summed E-state index contributed by atoms with van der Waals surface area (Å²) in [6, 6.07) is 5.34. The van der Waals surface area contributed by atoms with E-state index in [2.05, 4.69) is 13.8 Å². The molecule has 0 amide bonds. The fraction of sp³-hybridized carbons (Fsp3) is 0.542. The highest BCUT2D eigenvalue weighted by Crippen LogP contribution is 2.48. The lowest BCUT2D eigenvalue weighted by Gasteiger charge is -2.39. The van der Waals surface area contributed by atoms with Gasteiger partial charge in [-0.2, -0.15) is 0 Å². The van der Waals surface area contributed by atoms with E-state index < -0.39 is 11.8 Å². The molecule has 0 saturated heterocycles. The Morgan fingerprint density at radius 2 is 1.83 bits per heavy atom. The molecule has 1 aromatic carbocycles. The molecule has 2 aliphatic carbocycles. The molecule has 3 aliphatic rings. The Morgan fingerprint density at radius 1 is 1.13 bits per heavy atom. The molecule has 1 heterocycles. The fourth-order valence-electron chi connectivity index (χ4n) is 5.06. The van der Waals surface area contributed by atoms with Gasteiger partial charge in [0.05, 0.1) is 10.0 Å². The van der Waals surface area contributed by atoms with Crippen molar-refractivity contribution < 1.29 is 14.3 Å². The molecule has 4 rings (SSSR count). The first-order chi connectivity index (χ1) is 14.2. The van der Waals surface area contributed by atoms with Crippen molar-refractivity contribution in [3.8, 4) is 0 Å². The third kappa shape index (κ3) is 4.09. The number of ether oxygens (including phenoxy) is 1. The Bertz CT molecular complexity index is 957. The molecule has 0 spiro atoms. The summed E-state index contributed by atoms with van der Waals surface area (Å²) in [5.74, 6) is -1.34. The highest BCUT2D eigenvalue weighted by atomic mass is 35.5. The largest absolute Gasteiger partial charge is 0.462 e. The van der Waals surface area contributed by atoms with E-state index in [1.165, 1.54) is 0 Å². The van der Waals surface area contributed by atoms with Crippen LogP contribution in [0.3, 0.4) is 0 Å². The van der Waals surface area contributed by atoms with E-state index in [1.807, 2.05) is 13.0 Å². The van der Waals surface area contributed by atoms with E-state index in [0.717, 1.165) is 36.9 Å². The monoisotopic (exact) mass is 447 g/mol. The predicted octanol–water partition coefficient (Wildman–Crippen LogP) is 6.30. The molecule has 1 aromatic rings. The van der Waals surface area contributed by atoms with Crippen LogP contribution >= 0.6 is 23.2 Å². The second-order valence-corrected chi connectivity index (χ2v) is 10.3. The highest BCUT2D eigenvalue weighted by molar-refractivity contribution is 6.42. The van der Waals surface area contributed by atoms with E-state index in [0.29, 0.717) is 34.2 Å². The number of ketones is 1. The maximum Gasteiger partial charge on any atom is 0.315 e. The van der Waals surface area contributed by atoms with Crippen molar-refractivity contribution in [2.24, 2.45) is 16.3 Å². The van der Waals surface area contributed by atoms with Crippen molar-refractivity contribution in [1.82, 2.24) is 0 Å². The van der Waals surface area contributed by atoms with Gasteiger partial charge in [0.25, 0.3) is 0 Å². The molecule has 0 aromatic heterocycles. The summed E-state index contributed by atoms with van der Waals surface area (Å²) in [5, 5.41) is 0.847. The van der Waals surface area contributed by atoms with Gasteiger partial charge in [-0.1, -0.05) is 43.1 Å². The van der Waals surface area contributed by atoms with Crippen LogP contribution in [0.5, 0.6) is 0 Å². The average Bonchev–Trinajstić information content (AvgIpc) is 3.14. The Morgan fingerprint density at radius 3 is 2.50 bits per heavy atom. The Labute approximate surface area is 187 Å². The van der Waals surface area contributed by atoms with E-state index in [9.17, 15) is 9.59 Å². The lowest BCUT2D eigenvalue weighted by Crippen LogP contribution is -2.40. The SMILES string of the molecule is CC1=NC2=C(C(=O)CC(C)(C)C2)[C@@H](c2ccc(Cl)c(Cl)c2)C1C(=O)OC1CCCC1. The minimum Gasteiger partial charge on any atom is -0.462 e. The zero-order valence-corrected chi connectivity index (χ0v) is 19.1. The minimum absolute atomic E-state index is 0.0453. The Balaban J connectivity index is 1.79. The number of aliphatic imine (C=N–C) groups is 1. The van der Waals surface area contributed by atoms with Crippen LogP contribution in [0.4, 0.5) is 0 Å². The number of carbonyl (C=O) groups is 2. The molecule has 0 radical (unpaired) electrons. The van der Waals surface area contributed by atoms with Crippen LogP contribution in [0.2, 0.25) is 10.0 Å². The van der Waals surface area contributed by atoms with Gasteiger partial charge in [-0.3, -0.25) is 14.6 Å². The number of esters is 1. The normalized spacial score (nSPS) is 26.4. The molecule has 6 heteroatoms. The molecule has 0 bridgehead atoms. The number of rotatable bonds is 3. The zero-order chi connectivity index (χ0) is 21.6. The first-order valence-electron chi connectivity index (χ1n) is 10.6. The van der Waals surface area contributed by atoms with Crippen LogP contribution < -0.4 is 0 Å². The van der Waals surface area contributed by atoms with Crippen molar-refractivity contribution in [1.29, 1.82) is 0 Å². The Hall–Kier alpha value is -1.65. The van der Waals surface area contributed by atoms with Crippen molar-refractivity contribution in [2.45, 2.75) is 71.3 Å². The average molecular weight is 448 g/mol. The minimum atomic E-state index is -0.633. The lowest BCUT2D eigenvalue weighted by molar-refractivity contribution is -0.151. The maximum absolute atomic E-state index is 13.3. The van der Waals surface area contributed by atoms with Crippen LogP contribution in [0.15, 0.2) is 34.5 Å². The molecular formula is C24H27Cl2NO3. The molecule has 160 valence electrons. The molecule has 1 fully saturated rings. The van der Waals surface area contributed by atoms with Crippen molar-refractivity contribution in [2.75, 3.05) is 0 Å². The first kappa shape index (κ1) is 21.6. The van der Waals surface area contributed by atoms with Gasteiger partial charge in [-0.05, 0) is 62.1 Å². The van der Waals surface area contributed by atoms with E-state index in [-0.39, 0.29) is 23.3 Å². The van der Waals surface area contributed by atoms with E-state index >= 15 is 0 Å². The summed E-state index contributed by atoms with van der Waals surface area (Å²) in [5.41, 5.74) is 2.76. The fourth-order valence-corrected chi connectivity index (χ4v) is 5.37. The molecule has 1 aliphatic heterocycles. The zero-order valence-electron chi connectivity index (χ0n) is 17.6. The predicted molar refractivity (Wildman–Crippen MR) is 119 cm³/mol. The molecule has 30 heavy (non-hydrogen) atoms. The molecule has 1 saturated carbocycles. The third-order valence-electron chi connectivity index (χ3n) is 6.44. The second-order valence-electron chi connectivity index (χ2n) is 9.53. The third-order valence-corrected chi connectivity index (χ3v) is 7.18. The number of carbonyl (C=O) groups excluding carboxylic acids is 2. The summed E-state index contributed by atoms with van der Waals surface area (Å²) < 4.78 is 5.87. The summed E-state index contributed by atoms with van der Waals surface area (Å²) in [6.45, 7) is 6.02. The summed E-state index contributed by atoms with van der Waals surface area (Å²) in [7, 11) is 0. The summed E-state index contributed by atoms with van der Waals surface area (Å²) in [4.78, 5) is 31.3. The lowest BCUT2D eigenvalue weighted by atomic mass is 9.67. The summed E-state index contributed by atoms with van der Waals surface area (Å²) in [6.07, 6.45) is 5.04. The molecular weight excluding hydrogens is 421 g/mol. The summed E-state index contributed by atoms with van der Waals surface area (Å²) >= 11 is 12.4. The van der Waals surface area contributed by atoms with Crippen molar-refractivity contribution >= 4 is 40.7 Å². The van der Waals surface area contributed by atoms with E-state index in [4.69, 9.17) is 32.9 Å². The van der Waals surface area contributed by atoms with Gasteiger partial charge in [0.2, 0.25) is 0 Å². The van der Waals surface area contributed by atoms with Gasteiger partial charge in [-0.25, -0.2) is 0 Å². The van der Waals surface area contributed by atoms with Crippen LogP contribution in [0.25, 0.3) is 0 Å². The van der Waals surface area contributed by atoms with Crippen LogP contribution in [0.1, 0.15) is 70.8 Å². The topological polar surface area (TPSA) is 55.7 Å². The van der Waals surface area contributed by atoms with Crippen molar-refractivity contribution in [3.63, 3.8) is 0 Å². The van der Waals surface area contributed by atoms with Crippen LogP contribution in [-0.4, -0.2) is 23.6 Å². The smallest absolute Gasteiger partial charge is 0.315 e. The van der Waals surface area contributed by atoms with Crippen LogP contribution in [-0.2, 0) is 14.3 Å². The number of hydrogen-bond donors (Lipinski definition) is 0. The van der Waals surface area contributed by atoms with Gasteiger partial charge >= 0.3 is 5.97 Å². The number of halogens is 2. The number of hydrogen-bond acceptors (Lipinski definition) is 4. The Kier molecular flexibility index (Phi) is 5.84. The van der Waals surface area contributed by atoms with Gasteiger partial charge in [0, 0.05) is 29.3 Å². The molecule has 2 atom stereocenters. The standard InChI is InChI=1S/C24H27Cl2NO3/c1-13-20(23(29)30-15-6-4-5-7-15)21(14-8-9-16(25)17(26)10-14)22-18(27-13)11-24(2,3)12-19(22)28/h8-10,15,20-21H,4-7,11-12H2,1-3H3/t20?,21-/m0/s1.